The minimum Gasteiger partial charge on any atom is -0.474 e. The predicted molar refractivity (Wildman–Crippen MR) is 88.1 cm³/mol. The summed E-state index contributed by atoms with van der Waals surface area (Å²) >= 11 is 0. The fourth-order valence-corrected chi connectivity index (χ4v) is 2.85. The van der Waals surface area contributed by atoms with E-state index >= 15 is 0 Å². The number of nitro groups is 1. The van der Waals surface area contributed by atoms with E-state index in [-0.39, 0.29) is 11.3 Å². The Morgan fingerprint density at radius 1 is 1.44 bits per heavy atom. The van der Waals surface area contributed by atoms with Gasteiger partial charge < -0.3 is 10.1 Å². The van der Waals surface area contributed by atoms with Crippen LogP contribution >= 0.6 is 0 Å². The van der Waals surface area contributed by atoms with Gasteiger partial charge in [-0.05, 0) is 31.9 Å². The predicted octanol–water partition coefficient (Wildman–Crippen LogP) is 2.52. The van der Waals surface area contributed by atoms with Crippen LogP contribution in [0.2, 0.25) is 0 Å². The molecule has 1 atom stereocenters. The van der Waals surface area contributed by atoms with E-state index in [1.54, 1.807) is 0 Å². The lowest BCUT2D eigenvalue weighted by Crippen LogP contribution is -2.52. The molecule has 1 aliphatic rings. The molecule has 1 aromatic carbocycles. The molecule has 2 rings (SSSR count). The van der Waals surface area contributed by atoms with Crippen molar-refractivity contribution in [3.05, 3.63) is 33.9 Å². The van der Waals surface area contributed by atoms with Crippen LogP contribution in [0.25, 0.3) is 0 Å². The number of rotatable bonds is 6. The van der Waals surface area contributed by atoms with Crippen molar-refractivity contribution in [1.82, 2.24) is 5.32 Å². The average molecular weight is 345 g/mol. The Hall–Kier alpha value is -2.95. The molecule has 8 heteroatoms. The van der Waals surface area contributed by atoms with Gasteiger partial charge in [0.05, 0.1) is 11.0 Å². The van der Waals surface area contributed by atoms with Crippen molar-refractivity contribution in [1.29, 1.82) is 5.26 Å². The lowest BCUT2D eigenvalue weighted by molar-refractivity contribution is -0.386. The topological polar surface area (TPSA) is 122 Å². The third-order valence-electron chi connectivity index (χ3n) is 4.27. The number of nitrogens with one attached hydrogen (secondary N) is 1. The number of carbonyl (C=O) groups is 2. The second-order valence-electron chi connectivity index (χ2n) is 6.11. The third-order valence-corrected chi connectivity index (χ3v) is 4.27. The first-order valence-corrected chi connectivity index (χ1v) is 8.04. The van der Waals surface area contributed by atoms with E-state index in [2.05, 4.69) is 11.4 Å². The smallest absolute Gasteiger partial charge is 0.311 e. The van der Waals surface area contributed by atoms with Crippen LogP contribution in [0.5, 0.6) is 5.75 Å². The van der Waals surface area contributed by atoms with Crippen LogP contribution in [0.1, 0.15) is 49.4 Å². The quantitative estimate of drug-likeness (QED) is 0.480. The lowest BCUT2D eigenvalue weighted by atomic mass is 9.83. The molecule has 1 fully saturated rings. The first-order valence-electron chi connectivity index (χ1n) is 8.04. The molecule has 8 nitrogen and oxygen atoms in total. The Bertz CT molecular complexity index is 719. The maximum atomic E-state index is 12.4. The zero-order chi connectivity index (χ0) is 18.4. The summed E-state index contributed by atoms with van der Waals surface area (Å²) in [5, 5.41) is 23.3. The van der Waals surface area contributed by atoms with Crippen molar-refractivity contribution < 1.29 is 19.2 Å². The molecular weight excluding hydrogens is 326 g/mol. The fourth-order valence-electron chi connectivity index (χ4n) is 2.85. The van der Waals surface area contributed by atoms with Crippen molar-refractivity contribution in [2.45, 2.75) is 50.7 Å². The highest BCUT2D eigenvalue weighted by molar-refractivity contribution is 5.82. The second-order valence-corrected chi connectivity index (χ2v) is 6.11. The molecule has 0 bridgehead atoms. The number of nitro benzene ring substituents is 1. The molecule has 132 valence electrons. The molecule has 1 N–H and O–H groups in total. The van der Waals surface area contributed by atoms with Crippen molar-refractivity contribution >= 4 is 17.9 Å². The number of hydrogen-bond acceptors (Lipinski definition) is 6. The summed E-state index contributed by atoms with van der Waals surface area (Å²) in [4.78, 5) is 33.6. The monoisotopic (exact) mass is 345 g/mol. The largest absolute Gasteiger partial charge is 0.474 e. The lowest BCUT2D eigenvalue weighted by Gasteiger charge is -2.32. The maximum absolute atomic E-state index is 12.4. The summed E-state index contributed by atoms with van der Waals surface area (Å²) < 4.78 is 5.42. The molecule has 0 aliphatic heterocycles. The van der Waals surface area contributed by atoms with Crippen LogP contribution in [0.3, 0.4) is 0 Å². The number of amides is 1. The average Bonchev–Trinajstić information content (AvgIpc) is 2.62. The molecule has 0 aromatic heterocycles. The minimum absolute atomic E-state index is 0.104. The van der Waals surface area contributed by atoms with Crippen molar-refractivity contribution in [2.75, 3.05) is 0 Å². The minimum atomic E-state index is -1.02. The third kappa shape index (κ3) is 4.32. The maximum Gasteiger partial charge on any atom is 0.311 e. The van der Waals surface area contributed by atoms with E-state index in [1.165, 1.54) is 19.1 Å². The Kier molecular flexibility index (Phi) is 5.70. The zero-order valence-electron chi connectivity index (χ0n) is 13.9. The van der Waals surface area contributed by atoms with E-state index in [0.717, 1.165) is 25.3 Å². The molecular formula is C17H19N3O5. The molecule has 0 heterocycles. The highest BCUT2D eigenvalue weighted by Crippen LogP contribution is 2.30. The number of carbonyl (C=O) groups excluding carboxylic acids is 2. The summed E-state index contributed by atoms with van der Waals surface area (Å²) in [6.07, 6.45) is 3.39. The first-order chi connectivity index (χ1) is 11.9. The molecule has 1 saturated carbocycles. The van der Waals surface area contributed by atoms with Gasteiger partial charge in [-0.25, -0.2) is 0 Å². The number of nitriles is 1. The second kappa shape index (κ2) is 7.75. The van der Waals surface area contributed by atoms with E-state index < -0.39 is 28.2 Å². The summed E-state index contributed by atoms with van der Waals surface area (Å²) in [5.41, 5.74) is -1.15. The number of nitrogens with zero attached hydrogens (tertiary/aromatic N) is 2. The standard InChI is InChI=1S/C17H19N3O5/c1-12(16(22)19-17(11-18)7-3-2-4-8-17)25-15-6-5-13(10-21)9-14(15)20(23)24/h5-6,9-10,12H,2-4,7-8H2,1H3,(H,19,22)/t12-/m0/s1. The van der Waals surface area contributed by atoms with Crippen LogP contribution in [0.15, 0.2) is 18.2 Å². The van der Waals surface area contributed by atoms with Gasteiger partial charge in [-0.1, -0.05) is 19.3 Å². The molecule has 25 heavy (non-hydrogen) atoms. The van der Waals surface area contributed by atoms with E-state index in [9.17, 15) is 25.0 Å². The molecule has 0 radical (unpaired) electrons. The Labute approximate surface area is 144 Å². The fraction of sp³-hybridized carbons (Fsp3) is 0.471. The van der Waals surface area contributed by atoms with Crippen LogP contribution in [0.4, 0.5) is 5.69 Å². The molecule has 1 amide bonds. The highest BCUT2D eigenvalue weighted by Gasteiger charge is 2.35. The summed E-state index contributed by atoms with van der Waals surface area (Å²) in [6.45, 7) is 1.46. The Morgan fingerprint density at radius 3 is 2.68 bits per heavy atom. The van der Waals surface area contributed by atoms with Crippen LogP contribution in [0, 0.1) is 21.4 Å². The summed E-state index contributed by atoms with van der Waals surface area (Å²) in [7, 11) is 0. The van der Waals surface area contributed by atoms with E-state index in [0.29, 0.717) is 19.1 Å². The van der Waals surface area contributed by atoms with Crippen LogP contribution in [-0.2, 0) is 4.79 Å². The summed E-state index contributed by atoms with van der Waals surface area (Å²) in [6, 6.07) is 5.92. The van der Waals surface area contributed by atoms with E-state index in [4.69, 9.17) is 4.74 Å². The SMILES string of the molecule is C[C@H](Oc1ccc(C=O)cc1[N+](=O)[O-])C(=O)NC1(C#N)CCCCC1. The molecule has 0 spiro atoms. The molecule has 0 unspecified atom stereocenters. The summed E-state index contributed by atoms with van der Waals surface area (Å²) in [5.74, 6) is -0.606. The van der Waals surface area contributed by atoms with Gasteiger partial charge >= 0.3 is 5.69 Å². The van der Waals surface area contributed by atoms with Crippen molar-refractivity contribution in [2.24, 2.45) is 0 Å². The molecule has 1 aromatic rings. The van der Waals surface area contributed by atoms with Crippen LogP contribution < -0.4 is 10.1 Å². The van der Waals surface area contributed by atoms with Gasteiger partial charge in [-0.15, -0.1) is 0 Å². The zero-order valence-corrected chi connectivity index (χ0v) is 13.9. The Balaban J connectivity index is 2.12. The number of ether oxygens (including phenoxy) is 1. The molecule has 0 saturated heterocycles. The van der Waals surface area contributed by atoms with Crippen molar-refractivity contribution in [3.8, 4) is 11.8 Å². The Morgan fingerprint density at radius 2 is 2.12 bits per heavy atom. The van der Waals surface area contributed by atoms with E-state index in [1.807, 2.05) is 0 Å². The van der Waals surface area contributed by atoms with Gasteiger partial charge in [-0.2, -0.15) is 5.26 Å². The molecule has 1 aliphatic carbocycles. The highest BCUT2D eigenvalue weighted by atomic mass is 16.6. The first kappa shape index (κ1) is 18.4. The van der Waals surface area contributed by atoms with Gasteiger partial charge in [0.1, 0.15) is 11.8 Å². The van der Waals surface area contributed by atoms with Crippen molar-refractivity contribution in [3.63, 3.8) is 0 Å². The van der Waals surface area contributed by atoms with Gasteiger partial charge in [0.2, 0.25) is 0 Å². The van der Waals surface area contributed by atoms with Gasteiger partial charge in [0.25, 0.3) is 5.91 Å². The number of aldehydes is 1. The number of hydrogen-bond donors (Lipinski definition) is 1. The van der Waals surface area contributed by atoms with Gasteiger partial charge in [0.15, 0.2) is 11.9 Å². The van der Waals surface area contributed by atoms with Gasteiger partial charge in [-0.3, -0.25) is 19.7 Å². The number of benzene rings is 1. The van der Waals surface area contributed by atoms with Gasteiger partial charge in [0, 0.05) is 11.6 Å². The van der Waals surface area contributed by atoms with Crippen LogP contribution in [-0.4, -0.2) is 28.8 Å². The normalized spacial score (nSPS) is 17.0.